The molecule has 1 saturated carbocycles. The van der Waals surface area contributed by atoms with Crippen molar-refractivity contribution in [3.8, 4) is 5.75 Å². The summed E-state index contributed by atoms with van der Waals surface area (Å²) in [6, 6.07) is 5.99. The Bertz CT molecular complexity index is 417. The van der Waals surface area contributed by atoms with Gasteiger partial charge in [0.1, 0.15) is 11.5 Å². The maximum Gasteiger partial charge on any atom is 0.143 e. The van der Waals surface area contributed by atoms with E-state index in [1.165, 1.54) is 5.56 Å². The van der Waals surface area contributed by atoms with Crippen LogP contribution < -0.4 is 4.74 Å². The predicted molar refractivity (Wildman–Crippen MR) is 63.8 cm³/mol. The van der Waals surface area contributed by atoms with E-state index in [0.29, 0.717) is 12.2 Å². The second-order valence-electron chi connectivity index (χ2n) is 4.98. The second-order valence-corrected chi connectivity index (χ2v) is 4.98. The lowest BCUT2D eigenvalue weighted by atomic mass is 9.96. The summed E-state index contributed by atoms with van der Waals surface area (Å²) in [7, 11) is 1.65. The molecule has 0 aromatic heterocycles. The zero-order valence-electron chi connectivity index (χ0n) is 10.2. The number of ether oxygens (including phenoxy) is 1. The molecule has 0 bridgehead atoms. The van der Waals surface area contributed by atoms with Gasteiger partial charge in [-0.15, -0.1) is 0 Å². The van der Waals surface area contributed by atoms with Gasteiger partial charge in [0.05, 0.1) is 7.11 Å². The highest BCUT2D eigenvalue weighted by atomic mass is 16.5. The van der Waals surface area contributed by atoms with Crippen molar-refractivity contribution in [2.75, 3.05) is 7.11 Å². The largest absolute Gasteiger partial charge is 0.496 e. The number of Topliss-reactive ketones (excluding diaryl/α,β-unsaturated/α-hetero) is 1. The molecule has 1 fully saturated rings. The first-order valence-electron chi connectivity index (χ1n) is 5.72. The summed E-state index contributed by atoms with van der Waals surface area (Å²) in [6.45, 7) is 4.09. The summed E-state index contributed by atoms with van der Waals surface area (Å²) < 4.78 is 5.28. The zero-order valence-corrected chi connectivity index (χ0v) is 10.2. The molecule has 0 amide bonds. The van der Waals surface area contributed by atoms with Crippen molar-refractivity contribution >= 4 is 5.78 Å². The summed E-state index contributed by atoms with van der Waals surface area (Å²) in [5, 5.41) is 0. The number of aryl methyl sites for hydroxylation is 1. The summed E-state index contributed by atoms with van der Waals surface area (Å²) in [4.78, 5) is 12.0. The highest BCUT2D eigenvalue weighted by Gasteiger charge is 2.44. The van der Waals surface area contributed by atoms with Gasteiger partial charge in [0.25, 0.3) is 0 Å². The van der Waals surface area contributed by atoms with E-state index >= 15 is 0 Å². The van der Waals surface area contributed by atoms with Gasteiger partial charge < -0.3 is 4.74 Å². The highest BCUT2D eigenvalue weighted by Crippen LogP contribution is 2.46. The summed E-state index contributed by atoms with van der Waals surface area (Å²) in [6.07, 6.45) is 2.58. The number of carbonyl (C=O) groups excluding carboxylic acids is 1. The molecule has 1 aliphatic rings. The lowest BCUT2D eigenvalue weighted by Gasteiger charge is -2.11. The van der Waals surface area contributed by atoms with Crippen LogP contribution in [0.3, 0.4) is 0 Å². The van der Waals surface area contributed by atoms with Gasteiger partial charge >= 0.3 is 0 Å². The van der Waals surface area contributed by atoms with Gasteiger partial charge in [-0.1, -0.05) is 24.6 Å². The fourth-order valence-corrected chi connectivity index (χ4v) is 1.90. The molecule has 86 valence electrons. The first kappa shape index (κ1) is 11.2. The minimum absolute atomic E-state index is 0.0469. The molecule has 1 aromatic carbocycles. The second kappa shape index (κ2) is 3.93. The Balaban J connectivity index is 2.19. The number of benzene rings is 1. The van der Waals surface area contributed by atoms with Gasteiger partial charge in [-0.05, 0) is 25.8 Å². The van der Waals surface area contributed by atoms with Crippen LogP contribution in [0.5, 0.6) is 5.75 Å². The summed E-state index contributed by atoms with van der Waals surface area (Å²) in [5.41, 5.74) is 2.14. The number of ketones is 1. The van der Waals surface area contributed by atoms with Crippen LogP contribution in [0.4, 0.5) is 0 Å². The topological polar surface area (TPSA) is 26.3 Å². The van der Waals surface area contributed by atoms with E-state index < -0.39 is 0 Å². The number of hydrogen-bond acceptors (Lipinski definition) is 2. The molecular formula is C14H18O2. The molecule has 0 N–H and O–H groups in total. The Hall–Kier alpha value is -1.31. The summed E-state index contributed by atoms with van der Waals surface area (Å²) >= 11 is 0. The Morgan fingerprint density at radius 1 is 1.44 bits per heavy atom. The molecule has 0 atom stereocenters. The van der Waals surface area contributed by atoms with Crippen LogP contribution in [0.15, 0.2) is 18.2 Å². The first-order valence-corrected chi connectivity index (χ1v) is 5.72. The van der Waals surface area contributed by atoms with E-state index in [4.69, 9.17) is 4.74 Å². The van der Waals surface area contributed by atoms with Crippen molar-refractivity contribution in [3.63, 3.8) is 0 Å². The lowest BCUT2D eigenvalue weighted by Crippen LogP contribution is -2.15. The number of methoxy groups -OCH3 is 1. The van der Waals surface area contributed by atoms with Gasteiger partial charge in [0.2, 0.25) is 0 Å². The average Bonchev–Trinajstić information content (AvgIpc) is 2.98. The van der Waals surface area contributed by atoms with E-state index in [0.717, 1.165) is 24.2 Å². The van der Waals surface area contributed by atoms with Crippen molar-refractivity contribution in [2.45, 2.75) is 33.1 Å². The molecule has 0 saturated heterocycles. The van der Waals surface area contributed by atoms with Crippen LogP contribution in [0.25, 0.3) is 0 Å². The minimum Gasteiger partial charge on any atom is -0.496 e. The van der Waals surface area contributed by atoms with Crippen LogP contribution in [-0.4, -0.2) is 12.9 Å². The zero-order chi connectivity index (χ0) is 11.8. The molecule has 1 aliphatic carbocycles. The molecule has 2 nitrogen and oxygen atoms in total. The van der Waals surface area contributed by atoms with Crippen molar-refractivity contribution in [2.24, 2.45) is 5.41 Å². The maximum absolute atomic E-state index is 12.0. The van der Waals surface area contributed by atoms with E-state index in [-0.39, 0.29) is 5.41 Å². The molecular weight excluding hydrogens is 200 g/mol. The Morgan fingerprint density at radius 2 is 2.12 bits per heavy atom. The molecule has 16 heavy (non-hydrogen) atoms. The molecule has 0 radical (unpaired) electrons. The standard InChI is InChI=1S/C14H18O2/c1-10-4-5-12(16-3)11(8-10)9-13(15)14(2)6-7-14/h4-5,8H,6-7,9H2,1-3H3. The lowest BCUT2D eigenvalue weighted by molar-refractivity contribution is -0.122. The molecule has 2 rings (SSSR count). The van der Waals surface area contributed by atoms with Gasteiger partial charge in [-0.3, -0.25) is 4.79 Å². The van der Waals surface area contributed by atoms with E-state index in [9.17, 15) is 4.79 Å². The quantitative estimate of drug-likeness (QED) is 0.776. The van der Waals surface area contributed by atoms with Crippen LogP contribution >= 0.6 is 0 Å². The Morgan fingerprint density at radius 3 is 2.69 bits per heavy atom. The van der Waals surface area contributed by atoms with Crippen molar-refractivity contribution in [1.82, 2.24) is 0 Å². The van der Waals surface area contributed by atoms with Crippen molar-refractivity contribution in [1.29, 1.82) is 0 Å². The van der Waals surface area contributed by atoms with Gasteiger partial charge in [-0.25, -0.2) is 0 Å². The molecule has 0 aliphatic heterocycles. The first-order chi connectivity index (χ1) is 7.55. The van der Waals surface area contributed by atoms with Crippen LogP contribution in [0.2, 0.25) is 0 Å². The highest BCUT2D eigenvalue weighted by molar-refractivity contribution is 5.89. The molecule has 0 spiro atoms. The van der Waals surface area contributed by atoms with E-state index in [2.05, 4.69) is 6.92 Å². The fourth-order valence-electron chi connectivity index (χ4n) is 1.90. The number of rotatable bonds is 4. The fraction of sp³-hybridized carbons (Fsp3) is 0.500. The predicted octanol–water partition coefficient (Wildman–Crippen LogP) is 2.92. The average molecular weight is 218 g/mol. The molecule has 0 heterocycles. The SMILES string of the molecule is COc1ccc(C)cc1CC(=O)C1(C)CC1. The Kier molecular flexibility index (Phi) is 2.75. The van der Waals surface area contributed by atoms with Gasteiger partial charge in [0.15, 0.2) is 0 Å². The molecule has 1 aromatic rings. The normalized spacial score (nSPS) is 16.9. The van der Waals surface area contributed by atoms with E-state index in [1.807, 2.05) is 25.1 Å². The van der Waals surface area contributed by atoms with Gasteiger partial charge in [-0.2, -0.15) is 0 Å². The van der Waals surface area contributed by atoms with Crippen molar-refractivity contribution < 1.29 is 9.53 Å². The van der Waals surface area contributed by atoms with E-state index in [1.54, 1.807) is 7.11 Å². The van der Waals surface area contributed by atoms with Crippen LogP contribution in [0, 0.1) is 12.3 Å². The molecule has 0 unspecified atom stereocenters. The number of carbonyl (C=O) groups is 1. The maximum atomic E-state index is 12.0. The smallest absolute Gasteiger partial charge is 0.143 e. The third kappa shape index (κ3) is 2.11. The minimum atomic E-state index is -0.0469. The third-order valence-corrected chi connectivity index (χ3v) is 3.46. The van der Waals surface area contributed by atoms with Crippen LogP contribution in [0.1, 0.15) is 30.9 Å². The summed E-state index contributed by atoms with van der Waals surface area (Å²) in [5.74, 6) is 1.17. The Labute approximate surface area is 96.6 Å². The number of hydrogen-bond donors (Lipinski definition) is 0. The molecule has 2 heteroatoms. The van der Waals surface area contributed by atoms with Crippen LogP contribution in [-0.2, 0) is 11.2 Å². The third-order valence-electron chi connectivity index (χ3n) is 3.46. The van der Waals surface area contributed by atoms with Crippen molar-refractivity contribution in [3.05, 3.63) is 29.3 Å². The monoisotopic (exact) mass is 218 g/mol. The van der Waals surface area contributed by atoms with Gasteiger partial charge in [0, 0.05) is 17.4 Å².